The molecule has 0 aromatic heterocycles. The Bertz CT molecular complexity index is 850. The topological polar surface area (TPSA) is 73.5 Å². The molecular formula is C16H10N2O2. The quantitative estimate of drug-likeness (QED) is 0.872. The highest BCUT2D eigenvalue weighted by molar-refractivity contribution is 6.01. The van der Waals surface area contributed by atoms with Crippen LogP contribution >= 0.6 is 0 Å². The van der Waals surface area contributed by atoms with Crippen LogP contribution in [0.4, 0.5) is 0 Å². The van der Waals surface area contributed by atoms with Gasteiger partial charge in [-0.2, -0.15) is 5.26 Å². The number of nitriles is 1. The first-order chi connectivity index (χ1) is 9.69. The number of para-hydroxylation sites is 1. The summed E-state index contributed by atoms with van der Waals surface area (Å²) in [5.41, 5.74) is -0.737. The molecule has 2 aromatic rings. The second kappa shape index (κ2) is 4.32. The molecule has 4 heteroatoms. The Balaban J connectivity index is 2.46. The molecule has 96 valence electrons. The van der Waals surface area contributed by atoms with Crippen molar-refractivity contribution >= 4 is 11.5 Å². The Morgan fingerprint density at radius 1 is 1.10 bits per heavy atom. The molecule has 20 heavy (non-hydrogen) atoms. The fourth-order valence-corrected chi connectivity index (χ4v) is 2.47. The van der Waals surface area contributed by atoms with Gasteiger partial charge in [-0.3, -0.25) is 0 Å². The van der Waals surface area contributed by atoms with Gasteiger partial charge in [0.1, 0.15) is 6.07 Å². The summed E-state index contributed by atoms with van der Waals surface area (Å²) in [5, 5.41) is 20.2. The molecule has 2 aromatic carbocycles. The highest BCUT2D eigenvalue weighted by atomic mass is 16.4. The smallest absolute Gasteiger partial charge is 0.351 e. The first kappa shape index (κ1) is 12.1. The van der Waals surface area contributed by atoms with Gasteiger partial charge in [0, 0.05) is 10.8 Å². The number of hydrogen-bond acceptors (Lipinski definition) is 3. The molecule has 0 fully saturated rings. The van der Waals surface area contributed by atoms with Crippen LogP contribution in [0.5, 0.6) is 0 Å². The van der Waals surface area contributed by atoms with E-state index in [1.165, 1.54) is 0 Å². The second-order valence-corrected chi connectivity index (χ2v) is 4.50. The highest BCUT2D eigenvalue weighted by Gasteiger charge is 2.46. The molecule has 0 aliphatic carbocycles. The maximum Gasteiger partial charge on any atom is 0.351 e. The number of carboxylic acid groups (broad SMARTS) is 1. The van der Waals surface area contributed by atoms with Crippen LogP contribution < -0.4 is 10.6 Å². The van der Waals surface area contributed by atoms with Gasteiger partial charge in [-0.15, -0.1) is 0 Å². The summed E-state index contributed by atoms with van der Waals surface area (Å²) in [6.45, 7) is 0. The number of carbonyl (C=O) groups is 1. The van der Waals surface area contributed by atoms with Crippen LogP contribution in [-0.2, 0) is 4.79 Å². The van der Waals surface area contributed by atoms with E-state index in [-0.39, 0.29) is 0 Å². The highest BCUT2D eigenvalue weighted by Crippen LogP contribution is 2.29. The van der Waals surface area contributed by atoms with Crippen molar-refractivity contribution in [3.8, 4) is 6.07 Å². The molecule has 1 unspecified atom stereocenters. The van der Waals surface area contributed by atoms with E-state index in [2.05, 4.69) is 4.99 Å². The van der Waals surface area contributed by atoms with E-state index in [1.54, 1.807) is 30.3 Å². The molecule has 1 aliphatic heterocycles. The predicted molar refractivity (Wildman–Crippen MR) is 72.2 cm³/mol. The van der Waals surface area contributed by atoms with Crippen molar-refractivity contribution in [3.05, 3.63) is 70.7 Å². The molecule has 0 bridgehead atoms. The summed E-state index contributed by atoms with van der Waals surface area (Å²) in [6, 6.07) is 18.0. The first-order valence-corrected chi connectivity index (χ1v) is 6.09. The van der Waals surface area contributed by atoms with E-state index in [4.69, 9.17) is 0 Å². The molecule has 0 saturated carbocycles. The average molecular weight is 262 g/mol. The summed E-state index contributed by atoms with van der Waals surface area (Å²) in [6.07, 6.45) is 0. The SMILES string of the molecule is N#CC1(C(=O)O)N=c2ccccc2=C1c1ccccc1. The van der Waals surface area contributed by atoms with Gasteiger partial charge in [-0.1, -0.05) is 48.5 Å². The molecule has 4 nitrogen and oxygen atoms in total. The predicted octanol–water partition coefficient (Wildman–Crippen LogP) is 0.866. The zero-order valence-corrected chi connectivity index (χ0v) is 10.4. The lowest BCUT2D eigenvalue weighted by Crippen LogP contribution is -2.36. The van der Waals surface area contributed by atoms with Crippen molar-refractivity contribution in [1.29, 1.82) is 5.26 Å². The number of hydrogen-bond donors (Lipinski definition) is 1. The van der Waals surface area contributed by atoms with Crippen molar-refractivity contribution in [3.63, 3.8) is 0 Å². The number of benzene rings is 2. The Kier molecular flexibility index (Phi) is 2.62. The Morgan fingerprint density at radius 3 is 2.40 bits per heavy atom. The maximum absolute atomic E-state index is 11.7. The average Bonchev–Trinajstić information content (AvgIpc) is 2.83. The van der Waals surface area contributed by atoms with E-state index >= 15 is 0 Å². The minimum atomic E-state index is -1.87. The molecule has 0 radical (unpaired) electrons. The van der Waals surface area contributed by atoms with Crippen molar-refractivity contribution in [2.45, 2.75) is 5.54 Å². The van der Waals surface area contributed by atoms with E-state index in [0.717, 1.165) is 0 Å². The standard InChI is InChI=1S/C16H10N2O2/c17-10-16(15(19)20)14(11-6-2-1-3-7-11)12-8-4-5-9-13(12)18-16/h1-9H,(H,19,20). The Hall–Kier alpha value is -2.93. The van der Waals surface area contributed by atoms with Crippen LogP contribution in [0.15, 0.2) is 59.6 Å². The summed E-state index contributed by atoms with van der Waals surface area (Å²) in [5.74, 6) is -1.25. The number of rotatable bonds is 2. The van der Waals surface area contributed by atoms with E-state index < -0.39 is 11.5 Å². The molecule has 0 saturated heterocycles. The molecular weight excluding hydrogens is 252 g/mol. The molecule has 0 spiro atoms. The van der Waals surface area contributed by atoms with Gasteiger partial charge < -0.3 is 5.11 Å². The first-order valence-electron chi connectivity index (χ1n) is 6.09. The van der Waals surface area contributed by atoms with Crippen LogP contribution in [-0.4, -0.2) is 16.6 Å². The minimum absolute atomic E-state index is 0.434. The van der Waals surface area contributed by atoms with Gasteiger partial charge in [0.2, 0.25) is 0 Å². The lowest BCUT2D eigenvalue weighted by Gasteiger charge is -2.17. The summed E-state index contributed by atoms with van der Waals surface area (Å²) in [7, 11) is 0. The Labute approximate surface area is 114 Å². The largest absolute Gasteiger partial charge is 0.478 e. The van der Waals surface area contributed by atoms with E-state index in [9.17, 15) is 15.2 Å². The van der Waals surface area contributed by atoms with Crippen LogP contribution in [0, 0.1) is 11.3 Å². The molecule has 1 heterocycles. The monoisotopic (exact) mass is 262 g/mol. The van der Waals surface area contributed by atoms with Gasteiger partial charge in [0.05, 0.1) is 5.36 Å². The van der Waals surface area contributed by atoms with Crippen molar-refractivity contribution in [2.24, 2.45) is 4.99 Å². The van der Waals surface area contributed by atoms with Crippen LogP contribution in [0.2, 0.25) is 0 Å². The summed E-state index contributed by atoms with van der Waals surface area (Å²) < 4.78 is 0. The summed E-state index contributed by atoms with van der Waals surface area (Å²) in [4.78, 5) is 15.8. The van der Waals surface area contributed by atoms with Gasteiger partial charge in [-0.05, 0) is 11.6 Å². The van der Waals surface area contributed by atoms with Crippen LogP contribution in [0.3, 0.4) is 0 Å². The third kappa shape index (κ3) is 1.54. The number of aliphatic carboxylic acids is 1. The van der Waals surface area contributed by atoms with Gasteiger partial charge in [0.15, 0.2) is 0 Å². The number of fused-ring (bicyclic) bond motifs is 1. The minimum Gasteiger partial charge on any atom is -0.478 e. The molecule has 1 atom stereocenters. The molecule has 1 aliphatic rings. The second-order valence-electron chi connectivity index (χ2n) is 4.50. The van der Waals surface area contributed by atoms with Crippen LogP contribution in [0.25, 0.3) is 5.57 Å². The lowest BCUT2D eigenvalue weighted by atomic mass is 9.87. The van der Waals surface area contributed by atoms with Crippen molar-refractivity contribution in [1.82, 2.24) is 0 Å². The number of carboxylic acids is 1. The van der Waals surface area contributed by atoms with Gasteiger partial charge in [0.25, 0.3) is 5.54 Å². The Morgan fingerprint density at radius 2 is 1.75 bits per heavy atom. The zero-order valence-electron chi connectivity index (χ0n) is 10.4. The third-order valence-electron chi connectivity index (χ3n) is 3.36. The zero-order chi connectivity index (χ0) is 14.2. The third-order valence-corrected chi connectivity index (χ3v) is 3.36. The summed E-state index contributed by atoms with van der Waals surface area (Å²) >= 11 is 0. The van der Waals surface area contributed by atoms with E-state index in [0.29, 0.717) is 21.7 Å². The van der Waals surface area contributed by atoms with E-state index in [1.807, 2.05) is 30.3 Å². The van der Waals surface area contributed by atoms with Gasteiger partial charge >= 0.3 is 5.97 Å². The molecule has 0 amide bonds. The molecule has 1 N–H and O–H groups in total. The van der Waals surface area contributed by atoms with Crippen LogP contribution in [0.1, 0.15) is 5.56 Å². The molecule has 3 rings (SSSR count). The fourth-order valence-electron chi connectivity index (χ4n) is 2.47. The maximum atomic E-state index is 11.7. The fraction of sp³-hybridized carbons (Fsp3) is 0.0625. The van der Waals surface area contributed by atoms with Crippen molar-refractivity contribution in [2.75, 3.05) is 0 Å². The van der Waals surface area contributed by atoms with Gasteiger partial charge in [-0.25, -0.2) is 9.79 Å². The lowest BCUT2D eigenvalue weighted by molar-refractivity contribution is -0.139. The normalized spacial score (nSPS) is 19.9. The number of nitrogens with zero attached hydrogens (tertiary/aromatic N) is 2. The van der Waals surface area contributed by atoms with Crippen molar-refractivity contribution < 1.29 is 9.90 Å².